The minimum absolute atomic E-state index is 0.0345. The Labute approximate surface area is 206 Å². The van der Waals surface area contributed by atoms with Gasteiger partial charge in [-0.3, -0.25) is 0 Å². The Morgan fingerprint density at radius 1 is 1.31 bits per heavy atom. The molecule has 0 saturated heterocycles. The molecule has 2 unspecified atom stereocenters. The van der Waals surface area contributed by atoms with E-state index in [9.17, 15) is 15.0 Å². The average molecular weight is 475 g/mol. The number of hydrogen-bond acceptors (Lipinski definition) is 5. The largest absolute Gasteiger partial charge is 0.423 e. The number of imidazole rings is 1. The van der Waals surface area contributed by atoms with Crippen LogP contribution in [0.3, 0.4) is 0 Å². The van der Waals surface area contributed by atoms with Crippen LogP contribution in [0.2, 0.25) is 0 Å². The summed E-state index contributed by atoms with van der Waals surface area (Å²) >= 11 is 0. The van der Waals surface area contributed by atoms with Crippen LogP contribution in [0, 0.1) is 22.7 Å². The van der Waals surface area contributed by atoms with Crippen LogP contribution in [0.4, 0.5) is 0 Å². The molecule has 2 saturated carbocycles. The quantitative estimate of drug-likeness (QED) is 0.496. The van der Waals surface area contributed by atoms with Crippen molar-refractivity contribution in [3.63, 3.8) is 0 Å². The zero-order valence-electron chi connectivity index (χ0n) is 20.7. The van der Waals surface area contributed by atoms with Crippen LogP contribution in [0.25, 0.3) is 17.1 Å². The number of nitrogens with zero attached hydrogens (tertiary/aromatic N) is 2. The van der Waals surface area contributed by atoms with Crippen molar-refractivity contribution < 1.29 is 19.7 Å². The van der Waals surface area contributed by atoms with E-state index in [0.29, 0.717) is 17.8 Å². The van der Waals surface area contributed by atoms with Crippen LogP contribution >= 0.6 is 0 Å². The summed E-state index contributed by atoms with van der Waals surface area (Å²) in [5.41, 5.74) is 3.83. The van der Waals surface area contributed by atoms with Crippen molar-refractivity contribution in [1.82, 2.24) is 9.55 Å². The Kier molecular flexibility index (Phi) is 5.85. The molecule has 0 bridgehead atoms. The molecule has 0 radical (unpaired) electrons. The summed E-state index contributed by atoms with van der Waals surface area (Å²) in [5.74, 6) is 0.372. The van der Waals surface area contributed by atoms with Gasteiger partial charge in [0.1, 0.15) is 5.76 Å². The predicted octanol–water partition coefficient (Wildman–Crippen LogP) is 4.70. The second kappa shape index (κ2) is 8.61. The maximum Gasteiger partial charge on any atom is 0.343 e. The lowest BCUT2D eigenvalue weighted by atomic mass is 9.46. The maximum absolute atomic E-state index is 12.6. The number of ether oxygens (including phenoxy) is 1. The summed E-state index contributed by atoms with van der Waals surface area (Å²) in [4.78, 5) is 17.0. The molecule has 1 aromatic carbocycles. The van der Waals surface area contributed by atoms with Crippen molar-refractivity contribution in [3.05, 3.63) is 71.8 Å². The molecule has 6 nitrogen and oxygen atoms in total. The molecule has 6 heteroatoms. The van der Waals surface area contributed by atoms with Crippen LogP contribution < -0.4 is 0 Å². The highest BCUT2D eigenvalue weighted by atomic mass is 16.5. The first-order chi connectivity index (χ1) is 16.7. The molecule has 2 N–H and O–H groups in total. The molecule has 2 aliphatic carbocycles. The first kappa shape index (κ1) is 23.8. The van der Waals surface area contributed by atoms with E-state index in [1.807, 2.05) is 48.9 Å². The molecule has 0 amide bonds. The number of carbonyl (C=O) groups is 1. The number of esters is 1. The fourth-order valence-corrected chi connectivity index (χ4v) is 6.69. The summed E-state index contributed by atoms with van der Waals surface area (Å²) in [7, 11) is 1.96. The molecule has 5 rings (SSSR count). The van der Waals surface area contributed by atoms with Gasteiger partial charge in [-0.25, -0.2) is 9.78 Å². The van der Waals surface area contributed by atoms with Gasteiger partial charge >= 0.3 is 5.97 Å². The normalized spacial score (nSPS) is 34.5. The fraction of sp³-hybridized carbons (Fsp3) is 0.448. The molecule has 3 aliphatic rings. The van der Waals surface area contributed by atoms with E-state index >= 15 is 0 Å². The molecular weight excluding hydrogens is 440 g/mol. The summed E-state index contributed by atoms with van der Waals surface area (Å²) in [6, 6.07) is 5.96. The number of fused-ring (bicyclic) bond motifs is 2. The van der Waals surface area contributed by atoms with Crippen LogP contribution in [0.5, 0.6) is 0 Å². The van der Waals surface area contributed by atoms with Gasteiger partial charge in [0.25, 0.3) is 0 Å². The molecule has 2 fully saturated rings. The van der Waals surface area contributed by atoms with Gasteiger partial charge in [0.15, 0.2) is 0 Å². The van der Waals surface area contributed by atoms with E-state index in [1.54, 1.807) is 12.4 Å². The van der Waals surface area contributed by atoms with Gasteiger partial charge in [-0.2, -0.15) is 0 Å². The second-order valence-electron chi connectivity index (χ2n) is 11.0. The Morgan fingerprint density at radius 2 is 2.11 bits per heavy atom. The molecule has 184 valence electrons. The molecule has 35 heavy (non-hydrogen) atoms. The molecule has 0 spiro atoms. The van der Waals surface area contributed by atoms with Gasteiger partial charge in [-0.1, -0.05) is 44.2 Å². The van der Waals surface area contributed by atoms with Crippen LogP contribution in [-0.2, 0) is 16.6 Å². The van der Waals surface area contributed by atoms with Crippen molar-refractivity contribution in [2.45, 2.75) is 45.6 Å². The number of aryl methyl sites for hydroxylation is 1. The number of benzene rings is 1. The monoisotopic (exact) mass is 474 g/mol. The van der Waals surface area contributed by atoms with Gasteiger partial charge in [0, 0.05) is 18.4 Å². The predicted molar refractivity (Wildman–Crippen MR) is 136 cm³/mol. The number of rotatable bonds is 4. The first-order valence-electron chi connectivity index (χ1n) is 12.4. The van der Waals surface area contributed by atoms with Gasteiger partial charge in [-0.05, 0) is 66.9 Å². The standard InChI is InChI=1S/C29H34N2O4/c1-18-5-10-25-28(2,12-11-26(33)29(25,3)16-32)22(18)8-7-20-15-21(35-27(20)34)13-19-6-9-24-23(14-19)30-17-31(24)4/h6-9,13-15,17,22,25-26,32-33H,1,5,10-12,16H2,2-4H3/t22?,25?,26-,28-,29+/m1/s1. The number of allylic oxidation sites excluding steroid dienone is 3. The van der Waals surface area contributed by atoms with Crippen molar-refractivity contribution >= 4 is 23.1 Å². The zero-order valence-corrected chi connectivity index (χ0v) is 20.7. The lowest BCUT2D eigenvalue weighted by Gasteiger charge is -2.59. The van der Waals surface area contributed by atoms with Crippen LogP contribution in [0.1, 0.15) is 45.1 Å². The van der Waals surface area contributed by atoms with Gasteiger partial charge in [0.2, 0.25) is 0 Å². The smallest absolute Gasteiger partial charge is 0.343 e. The SMILES string of the molecule is C=C1CCC2[C@](C)(CC[C@@H](O)[C@@]2(C)CO)C1C=CC1=CC(=Cc2ccc3c(c2)ncn3C)OC1=O. The minimum atomic E-state index is -0.532. The van der Waals surface area contributed by atoms with E-state index in [-0.39, 0.29) is 29.8 Å². The van der Waals surface area contributed by atoms with Crippen molar-refractivity contribution in [1.29, 1.82) is 0 Å². The Balaban J connectivity index is 1.40. The summed E-state index contributed by atoms with van der Waals surface area (Å²) in [6.07, 6.45) is 12.1. The molecule has 2 heterocycles. The highest BCUT2D eigenvalue weighted by molar-refractivity contribution is 5.96. The van der Waals surface area contributed by atoms with Crippen molar-refractivity contribution in [2.24, 2.45) is 29.7 Å². The van der Waals surface area contributed by atoms with Crippen molar-refractivity contribution in [3.8, 4) is 0 Å². The van der Waals surface area contributed by atoms with E-state index in [0.717, 1.165) is 41.4 Å². The molecule has 5 atom stereocenters. The Hall–Kier alpha value is -2.96. The number of aromatic nitrogens is 2. The van der Waals surface area contributed by atoms with Crippen LogP contribution in [0.15, 0.2) is 66.2 Å². The van der Waals surface area contributed by atoms with Gasteiger partial charge < -0.3 is 19.5 Å². The third-order valence-corrected chi connectivity index (χ3v) is 8.83. The minimum Gasteiger partial charge on any atom is -0.423 e. The second-order valence-corrected chi connectivity index (χ2v) is 11.0. The topological polar surface area (TPSA) is 84.6 Å². The van der Waals surface area contributed by atoms with E-state index in [2.05, 4.69) is 24.6 Å². The molecule has 1 aliphatic heterocycles. The molecule has 1 aromatic heterocycles. The summed E-state index contributed by atoms with van der Waals surface area (Å²) in [5, 5.41) is 20.9. The third-order valence-electron chi connectivity index (χ3n) is 8.83. The molecular formula is C29H34N2O4. The summed E-state index contributed by atoms with van der Waals surface area (Å²) in [6.45, 7) is 8.57. The maximum atomic E-state index is 12.6. The van der Waals surface area contributed by atoms with E-state index in [1.165, 1.54) is 0 Å². The van der Waals surface area contributed by atoms with Gasteiger partial charge in [-0.15, -0.1) is 0 Å². The van der Waals surface area contributed by atoms with Gasteiger partial charge in [0.05, 0.1) is 35.6 Å². The lowest BCUT2D eigenvalue weighted by molar-refractivity contribution is -0.145. The lowest BCUT2D eigenvalue weighted by Crippen LogP contribution is -2.57. The zero-order chi connectivity index (χ0) is 25.0. The fourth-order valence-electron chi connectivity index (χ4n) is 6.69. The molecule has 2 aromatic rings. The van der Waals surface area contributed by atoms with E-state index < -0.39 is 11.5 Å². The number of cyclic esters (lactones) is 1. The van der Waals surface area contributed by atoms with Crippen molar-refractivity contribution in [2.75, 3.05) is 6.61 Å². The Morgan fingerprint density at radius 3 is 2.89 bits per heavy atom. The number of hydrogen-bond donors (Lipinski definition) is 2. The first-order valence-corrected chi connectivity index (χ1v) is 12.4. The third kappa shape index (κ3) is 3.89. The summed E-state index contributed by atoms with van der Waals surface area (Å²) < 4.78 is 7.49. The van der Waals surface area contributed by atoms with Crippen LogP contribution in [-0.4, -0.2) is 38.4 Å². The number of aliphatic hydroxyl groups is 2. The Bertz CT molecular complexity index is 1280. The number of carbonyl (C=O) groups excluding carboxylic acids is 1. The number of aliphatic hydroxyl groups excluding tert-OH is 2. The highest BCUT2D eigenvalue weighted by Gasteiger charge is 2.57. The highest BCUT2D eigenvalue weighted by Crippen LogP contribution is 2.61. The van der Waals surface area contributed by atoms with E-state index in [4.69, 9.17) is 4.74 Å². The average Bonchev–Trinajstić information content (AvgIpc) is 3.37.